The minimum Gasteiger partial charge on any atom is -0.465 e. The highest BCUT2D eigenvalue weighted by atomic mass is 32.1. The number of benzene rings is 1. The molecular weight excluding hydrogens is 424 g/mol. The standard InChI is InChI=1S/C21H20N2O7S/c1-10-12(3)31-17(16(10)21(28)29-4)22-15(24)9-30-20(27)11(2)23-18(25)13-7-5-6-8-14(13)19(23)26/h5-8,11H,9H2,1-4H3,(H,22,24). The van der Waals surface area contributed by atoms with Crippen molar-refractivity contribution in [1.29, 1.82) is 0 Å². The number of esters is 2. The largest absolute Gasteiger partial charge is 0.465 e. The van der Waals surface area contributed by atoms with Gasteiger partial charge in [0.05, 0.1) is 23.8 Å². The molecule has 1 aliphatic heterocycles. The van der Waals surface area contributed by atoms with Crippen LogP contribution < -0.4 is 5.32 Å². The first-order valence-electron chi connectivity index (χ1n) is 9.29. The fraction of sp³-hybridized carbons (Fsp3) is 0.286. The summed E-state index contributed by atoms with van der Waals surface area (Å²) in [5.41, 5.74) is 1.35. The van der Waals surface area contributed by atoms with Gasteiger partial charge in [0.15, 0.2) is 6.61 Å². The number of imide groups is 1. The third-order valence-corrected chi connectivity index (χ3v) is 6.05. The average Bonchev–Trinajstić information content (AvgIpc) is 3.17. The Morgan fingerprint density at radius 1 is 1.10 bits per heavy atom. The number of nitrogens with one attached hydrogen (secondary N) is 1. The topological polar surface area (TPSA) is 119 Å². The molecule has 31 heavy (non-hydrogen) atoms. The first-order valence-corrected chi connectivity index (χ1v) is 10.1. The van der Waals surface area contributed by atoms with E-state index in [0.29, 0.717) is 5.56 Å². The number of ether oxygens (including phenoxy) is 2. The molecule has 162 valence electrons. The number of carbonyl (C=O) groups is 5. The van der Waals surface area contributed by atoms with Gasteiger partial charge >= 0.3 is 11.9 Å². The quantitative estimate of drug-likeness (QED) is 0.536. The van der Waals surface area contributed by atoms with Crippen molar-refractivity contribution >= 4 is 46.0 Å². The molecule has 1 unspecified atom stereocenters. The Hall–Kier alpha value is -3.53. The van der Waals surface area contributed by atoms with Gasteiger partial charge in [-0.15, -0.1) is 11.3 Å². The number of hydrogen-bond acceptors (Lipinski definition) is 8. The van der Waals surface area contributed by atoms with Crippen molar-refractivity contribution in [3.63, 3.8) is 0 Å². The van der Waals surface area contributed by atoms with Crippen LogP contribution in [0.4, 0.5) is 5.00 Å². The van der Waals surface area contributed by atoms with Gasteiger partial charge in [-0.05, 0) is 38.5 Å². The van der Waals surface area contributed by atoms with Crippen molar-refractivity contribution in [2.24, 2.45) is 0 Å². The molecule has 3 rings (SSSR count). The number of nitrogens with zero attached hydrogens (tertiary/aromatic N) is 1. The molecule has 0 aliphatic carbocycles. The number of thiophene rings is 1. The van der Waals surface area contributed by atoms with Gasteiger partial charge in [-0.3, -0.25) is 19.3 Å². The summed E-state index contributed by atoms with van der Waals surface area (Å²) in [7, 11) is 1.24. The van der Waals surface area contributed by atoms with Gasteiger partial charge in [0.2, 0.25) is 0 Å². The van der Waals surface area contributed by atoms with E-state index < -0.39 is 42.3 Å². The lowest BCUT2D eigenvalue weighted by molar-refractivity contribution is -0.150. The maximum atomic E-state index is 12.5. The van der Waals surface area contributed by atoms with E-state index in [9.17, 15) is 24.0 Å². The Balaban J connectivity index is 1.64. The fourth-order valence-corrected chi connectivity index (χ4v) is 4.21. The average molecular weight is 444 g/mol. The van der Waals surface area contributed by atoms with Crippen LogP contribution in [0, 0.1) is 13.8 Å². The van der Waals surface area contributed by atoms with Crippen LogP contribution in [0.2, 0.25) is 0 Å². The Morgan fingerprint density at radius 2 is 1.68 bits per heavy atom. The summed E-state index contributed by atoms with van der Waals surface area (Å²) in [5, 5.41) is 2.83. The van der Waals surface area contributed by atoms with Crippen LogP contribution in [0.3, 0.4) is 0 Å². The molecule has 0 saturated carbocycles. The predicted molar refractivity (Wildman–Crippen MR) is 111 cm³/mol. The number of aryl methyl sites for hydroxylation is 1. The molecule has 3 amide bonds. The lowest BCUT2D eigenvalue weighted by Crippen LogP contribution is -2.44. The smallest absolute Gasteiger partial charge is 0.341 e. The van der Waals surface area contributed by atoms with Crippen LogP contribution in [0.25, 0.3) is 0 Å². The second-order valence-corrected chi connectivity index (χ2v) is 8.06. The molecule has 0 saturated heterocycles. The van der Waals surface area contributed by atoms with Crippen molar-refractivity contribution in [1.82, 2.24) is 4.90 Å². The molecule has 1 atom stereocenters. The maximum Gasteiger partial charge on any atom is 0.341 e. The molecule has 1 aromatic heterocycles. The second-order valence-electron chi connectivity index (χ2n) is 6.84. The summed E-state index contributed by atoms with van der Waals surface area (Å²) in [6, 6.07) is 5.04. The summed E-state index contributed by atoms with van der Waals surface area (Å²) >= 11 is 1.20. The number of fused-ring (bicyclic) bond motifs is 1. The molecular formula is C21H20N2O7S. The number of carbonyl (C=O) groups excluding carboxylic acids is 5. The van der Waals surface area contributed by atoms with Gasteiger partial charge in [-0.25, -0.2) is 9.59 Å². The van der Waals surface area contributed by atoms with Crippen LogP contribution in [0.5, 0.6) is 0 Å². The molecule has 9 nitrogen and oxygen atoms in total. The monoisotopic (exact) mass is 444 g/mol. The Morgan fingerprint density at radius 3 is 2.23 bits per heavy atom. The van der Waals surface area contributed by atoms with Crippen LogP contribution in [-0.2, 0) is 19.1 Å². The molecule has 1 N–H and O–H groups in total. The van der Waals surface area contributed by atoms with Crippen molar-refractivity contribution in [2.75, 3.05) is 19.0 Å². The van der Waals surface area contributed by atoms with Crippen LogP contribution in [0.1, 0.15) is 48.4 Å². The summed E-state index contributed by atoms with van der Waals surface area (Å²) < 4.78 is 9.75. The Kier molecular flexibility index (Phi) is 6.21. The highest BCUT2D eigenvalue weighted by Gasteiger charge is 2.41. The fourth-order valence-electron chi connectivity index (χ4n) is 3.15. The Labute approximate surface area is 181 Å². The molecule has 0 bridgehead atoms. The zero-order valence-electron chi connectivity index (χ0n) is 17.3. The highest BCUT2D eigenvalue weighted by Crippen LogP contribution is 2.33. The number of rotatable bonds is 6. The van der Waals surface area contributed by atoms with E-state index in [1.807, 2.05) is 0 Å². The molecule has 2 aromatic rings. The van der Waals surface area contributed by atoms with Crippen LogP contribution in [0.15, 0.2) is 24.3 Å². The molecule has 0 radical (unpaired) electrons. The van der Waals surface area contributed by atoms with Gasteiger partial charge in [0, 0.05) is 4.88 Å². The number of anilines is 1. The molecule has 0 spiro atoms. The number of methoxy groups -OCH3 is 1. The van der Waals surface area contributed by atoms with Crippen molar-refractivity contribution < 1.29 is 33.4 Å². The Bertz CT molecular complexity index is 1070. The van der Waals surface area contributed by atoms with Gasteiger partial charge in [-0.1, -0.05) is 12.1 Å². The lowest BCUT2D eigenvalue weighted by Gasteiger charge is -2.20. The van der Waals surface area contributed by atoms with Crippen molar-refractivity contribution in [3.8, 4) is 0 Å². The van der Waals surface area contributed by atoms with E-state index in [2.05, 4.69) is 5.32 Å². The summed E-state index contributed by atoms with van der Waals surface area (Å²) in [6.07, 6.45) is 0. The number of hydrogen-bond donors (Lipinski definition) is 1. The lowest BCUT2D eigenvalue weighted by atomic mass is 10.1. The van der Waals surface area contributed by atoms with Gasteiger partial charge in [0.1, 0.15) is 11.0 Å². The molecule has 10 heteroatoms. The van der Waals surface area contributed by atoms with E-state index >= 15 is 0 Å². The minimum absolute atomic E-state index is 0.212. The third-order valence-electron chi connectivity index (χ3n) is 4.93. The van der Waals surface area contributed by atoms with Crippen molar-refractivity contribution in [3.05, 3.63) is 51.4 Å². The van der Waals surface area contributed by atoms with E-state index in [1.54, 1.807) is 26.0 Å². The molecule has 0 fully saturated rings. The van der Waals surface area contributed by atoms with Gasteiger partial charge in [-0.2, -0.15) is 0 Å². The van der Waals surface area contributed by atoms with E-state index in [-0.39, 0.29) is 21.7 Å². The number of amides is 3. The molecule has 2 heterocycles. The first kappa shape index (κ1) is 22.2. The van der Waals surface area contributed by atoms with E-state index in [4.69, 9.17) is 9.47 Å². The summed E-state index contributed by atoms with van der Waals surface area (Å²) in [6.45, 7) is 4.23. The minimum atomic E-state index is -1.21. The SMILES string of the molecule is COC(=O)c1c(NC(=O)COC(=O)C(C)N2C(=O)c3ccccc3C2=O)sc(C)c1C. The zero-order chi connectivity index (χ0) is 22.9. The van der Waals surface area contributed by atoms with E-state index in [1.165, 1.54) is 37.5 Å². The summed E-state index contributed by atoms with van der Waals surface area (Å²) in [4.78, 5) is 63.2. The maximum absolute atomic E-state index is 12.5. The predicted octanol–water partition coefficient (Wildman–Crippen LogP) is 2.32. The third kappa shape index (κ3) is 4.06. The van der Waals surface area contributed by atoms with Gasteiger partial charge < -0.3 is 14.8 Å². The molecule has 1 aliphatic rings. The van der Waals surface area contributed by atoms with Crippen LogP contribution in [-0.4, -0.2) is 54.3 Å². The van der Waals surface area contributed by atoms with E-state index in [0.717, 1.165) is 9.78 Å². The highest BCUT2D eigenvalue weighted by molar-refractivity contribution is 7.16. The normalized spacial score (nSPS) is 13.6. The second kappa shape index (κ2) is 8.68. The summed E-state index contributed by atoms with van der Waals surface area (Å²) in [5.74, 6) is -3.36. The molecule has 1 aromatic carbocycles. The first-order chi connectivity index (χ1) is 14.7. The van der Waals surface area contributed by atoms with Crippen molar-refractivity contribution in [2.45, 2.75) is 26.8 Å². The zero-order valence-corrected chi connectivity index (χ0v) is 18.1. The van der Waals surface area contributed by atoms with Crippen LogP contribution >= 0.6 is 11.3 Å². The van der Waals surface area contributed by atoms with Gasteiger partial charge in [0.25, 0.3) is 17.7 Å².